The lowest BCUT2D eigenvalue weighted by atomic mass is 10.2. The van der Waals surface area contributed by atoms with Crippen LogP contribution in [0, 0.1) is 0 Å². The number of ether oxygens (including phenoxy) is 1. The molecule has 2 N–H and O–H groups in total. The van der Waals surface area contributed by atoms with Gasteiger partial charge in [0.05, 0.1) is 0 Å². The molecule has 0 saturated carbocycles. The van der Waals surface area contributed by atoms with E-state index >= 15 is 0 Å². The second-order valence-electron chi connectivity index (χ2n) is 5.45. The van der Waals surface area contributed by atoms with Crippen LogP contribution in [0.3, 0.4) is 0 Å². The van der Waals surface area contributed by atoms with Crippen molar-refractivity contribution in [2.24, 2.45) is 0 Å². The molecule has 6 nitrogen and oxygen atoms in total. The van der Waals surface area contributed by atoms with E-state index in [0.717, 1.165) is 31.1 Å². The van der Waals surface area contributed by atoms with Gasteiger partial charge in [0.1, 0.15) is 18.2 Å². The maximum absolute atomic E-state index is 5.09. The number of nitrogens with zero attached hydrogens (tertiary/aromatic N) is 3. The summed E-state index contributed by atoms with van der Waals surface area (Å²) < 4.78 is 5.09. The van der Waals surface area contributed by atoms with E-state index in [1.54, 1.807) is 7.11 Å². The number of methoxy groups -OCH3 is 1. The van der Waals surface area contributed by atoms with E-state index < -0.39 is 0 Å². The first-order valence-electron chi connectivity index (χ1n) is 7.55. The molecule has 0 aromatic carbocycles. The van der Waals surface area contributed by atoms with E-state index in [1.807, 2.05) is 13.1 Å². The molecular weight excluding hydrogens is 266 g/mol. The molecule has 0 unspecified atom stereocenters. The lowest BCUT2D eigenvalue weighted by Crippen LogP contribution is -2.27. The summed E-state index contributed by atoms with van der Waals surface area (Å²) in [7, 11) is 5.66. The molecule has 120 valence electrons. The first-order chi connectivity index (χ1) is 10.1. The van der Waals surface area contributed by atoms with Gasteiger partial charge in [0.25, 0.3) is 0 Å². The zero-order valence-electron chi connectivity index (χ0n) is 13.9. The molecule has 0 aliphatic rings. The van der Waals surface area contributed by atoms with Crippen LogP contribution >= 0.6 is 0 Å². The number of aromatic nitrogens is 2. The Labute approximate surface area is 128 Å². The van der Waals surface area contributed by atoms with Crippen LogP contribution in [0.15, 0.2) is 6.07 Å². The van der Waals surface area contributed by atoms with Gasteiger partial charge in [-0.3, -0.25) is 0 Å². The van der Waals surface area contributed by atoms with Crippen molar-refractivity contribution in [2.75, 3.05) is 44.9 Å². The Bertz CT molecular complexity index is 411. The van der Waals surface area contributed by atoms with Crippen molar-refractivity contribution in [3.63, 3.8) is 0 Å². The summed E-state index contributed by atoms with van der Waals surface area (Å²) >= 11 is 0. The van der Waals surface area contributed by atoms with Gasteiger partial charge in [0.2, 0.25) is 0 Å². The molecule has 0 spiro atoms. The zero-order chi connectivity index (χ0) is 15.7. The number of unbranched alkanes of at least 4 members (excludes halogenated alkanes) is 1. The van der Waals surface area contributed by atoms with E-state index in [0.29, 0.717) is 18.5 Å². The maximum Gasteiger partial charge on any atom is 0.158 e. The molecule has 0 fully saturated rings. The number of anilines is 2. The van der Waals surface area contributed by atoms with Crippen LogP contribution < -0.4 is 10.6 Å². The topological polar surface area (TPSA) is 62.3 Å². The van der Waals surface area contributed by atoms with Crippen LogP contribution in [0.2, 0.25) is 0 Å². The van der Waals surface area contributed by atoms with Gasteiger partial charge in [-0.05, 0) is 40.3 Å². The predicted molar refractivity (Wildman–Crippen MR) is 87.8 cm³/mol. The SMILES string of the molecule is CNc1cc(NCCCCN(C)C(C)C)nc(COC)n1. The summed E-state index contributed by atoms with van der Waals surface area (Å²) in [6, 6.07) is 2.52. The van der Waals surface area contributed by atoms with E-state index in [1.165, 1.54) is 6.42 Å². The molecule has 0 atom stereocenters. The highest BCUT2D eigenvalue weighted by molar-refractivity contribution is 5.47. The average Bonchev–Trinajstić information content (AvgIpc) is 2.46. The van der Waals surface area contributed by atoms with Gasteiger partial charge in [-0.15, -0.1) is 0 Å². The van der Waals surface area contributed by atoms with Gasteiger partial charge in [0.15, 0.2) is 5.82 Å². The highest BCUT2D eigenvalue weighted by Gasteiger charge is 2.04. The fourth-order valence-electron chi connectivity index (χ4n) is 1.87. The quantitative estimate of drug-likeness (QED) is 0.645. The molecule has 6 heteroatoms. The third kappa shape index (κ3) is 6.73. The molecule has 0 radical (unpaired) electrons. The number of rotatable bonds is 10. The van der Waals surface area contributed by atoms with Crippen LogP contribution in [-0.4, -0.2) is 55.2 Å². The van der Waals surface area contributed by atoms with Gasteiger partial charge in [0, 0.05) is 32.8 Å². The van der Waals surface area contributed by atoms with Crippen molar-refractivity contribution in [3.8, 4) is 0 Å². The number of hydrogen-bond donors (Lipinski definition) is 2. The molecule has 0 saturated heterocycles. The van der Waals surface area contributed by atoms with E-state index in [2.05, 4.69) is 46.4 Å². The van der Waals surface area contributed by atoms with Crippen molar-refractivity contribution < 1.29 is 4.74 Å². The smallest absolute Gasteiger partial charge is 0.158 e. The third-order valence-electron chi connectivity index (χ3n) is 3.43. The molecule has 1 heterocycles. The summed E-state index contributed by atoms with van der Waals surface area (Å²) in [5.74, 6) is 2.34. The van der Waals surface area contributed by atoms with Crippen LogP contribution in [0.25, 0.3) is 0 Å². The van der Waals surface area contributed by atoms with Gasteiger partial charge < -0.3 is 20.3 Å². The Kier molecular flexibility index (Phi) is 8.00. The minimum absolute atomic E-state index is 0.420. The molecule has 1 aromatic heterocycles. The normalized spacial score (nSPS) is 11.2. The van der Waals surface area contributed by atoms with Crippen molar-refractivity contribution in [1.82, 2.24) is 14.9 Å². The molecular formula is C15H29N5O. The summed E-state index contributed by atoms with van der Waals surface area (Å²) in [6.45, 7) is 6.90. The fourth-order valence-corrected chi connectivity index (χ4v) is 1.87. The fraction of sp³-hybridized carbons (Fsp3) is 0.733. The molecule has 21 heavy (non-hydrogen) atoms. The van der Waals surface area contributed by atoms with Crippen molar-refractivity contribution in [1.29, 1.82) is 0 Å². The molecule has 1 rings (SSSR count). The third-order valence-corrected chi connectivity index (χ3v) is 3.43. The largest absolute Gasteiger partial charge is 0.377 e. The maximum atomic E-state index is 5.09. The second-order valence-corrected chi connectivity index (χ2v) is 5.45. The van der Waals surface area contributed by atoms with Crippen LogP contribution in [-0.2, 0) is 11.3 Å². The Morgan fingerprint density at radius 3 is 2.57 bits per heavy atom. The Hall–Kier alpha value is -1.40. The van der Waals surface area contributed by atoms with Gasteiger partial charge >= 0.3 is 0 Å². The first kappa shape index (κ1) is 17.7. The Morgan fingerprint density at radius 2 is 1.95 bits per heavy atom. The minimum Gasteiger partial charge on any atom is -0.377 e. The Morgan fingerprint density at radius 1 is 1.24 bits per heavy atom. The number of hydrogen-bond acceptors (Lipinski definition) is 6. The highest BCUT2D eigenvalue weighted by atomic mass is 16.5. The Balaban J connectivity index is 2.39. The highest BCUT2D eigenvalue weighted by Crippen LogP contribution is 2.11. The summed E-state index contributed by atoms with van der Waals surface area (Å²) in [5.41, 5.74) is 0. The molecule has 0 bridgehead atoms. The molecule has 1 aromatic rings. The van der Waals surface area contributed by atoms with E-state index in [4.69, 9.17) is 4.74 Å². The summed E-state index contributed by atoms with van der Waals surface area (Å²) in [6.07, 6.45) is 2.30. The average molecular weight is 295 g/mol. The second kappa shape index (κ2) is 9.52. The molecule has 0 aliphatic heterocycles. The van der Waals surface area contributed by atoms with Gasteiger partial charge in [-0.1, -0.05) is 0 Å². The summed E-state index contributed by atoms with van der Waals surface area (Å²) in [4.78, 5) is 11.1. The van der Waals surface area contributed by atoms with Gasteiger partial charge in [-0.25, -0.2) is 9.97 Å². The zero-order valence-corrected chi connectivity index (χ0v) is 13.9. The molecule has 0 aliphatic carbocycles. The lowest BCUT2D eigenvalue weighted by Gasteiger charge is -2.20. The van der Waals surface area contributed by atoms with Crippen LogP contribution in [0.4, 0.5) is 11.6 Å². The standard InChI is InChI=1S/C15H29N5O/c1-12(2)20(4)9-7-6-8-17-14-10-13(16-3)18-15(19-14)11-21-5/h10,12H,6-9,11H2,1-5H3,(H2,16,17,18,19). The first-order valence-corrected chi connectivity index (χ1v) is 7.55. The monoisotopic (exact) mass is 295 g/mol. The van der Waals surface area contributed by atoms with Crippen molar-refractivity contribution in [3.05, 3.63) is 11.9 Å². The lowest BCUT2D eigenvalue weighted by molar-refractivity contribution is 0.178. The van der Waals surface area contributed by atoms with Crippen LogP contribution in [0.1, 0.15) is 32.5 Å². The van der Waals surface area contributed by atoms with Crippen molar-refractivity contribution >= 4 is 11.6 Å². The number of nitrogens with one attached hydrogen (secondary N) is 2. The summed E-state index contributed by atoms with van der Waals surface area (Å²) in [5, 5.41) is 6.40. The van der Waals surface area contributed by atoms with Crippen molar-refractivity contribution in [2.45, 2.75) is 39.3 Å². The predicted octanol–water partition coefficient (Wildman–Crippen LogP) is 2.20. The van der Waals surface area contributed by atoms with Crippen LogP contribution in [0.5, 0.6) is 0 Å². The van der Waals surface area contributed by atoms with E-state index in [9.17, 15) is 0 Å². The molecule has 0 amide bonds. The van der Waals surface area contributed by atoms with E-state index in [-0.39, 0.29) is 0 Å². The minimum atomic E-state index is 0.420. The van der Waals surface area contributed by atoms with Gasteiger partial charge in [-0.2, -0.15) is 0 Å².